The lowest BCUT2D eigenvalue weighted by atomic mass is 10.1. The van der Waals surface area contributed by atoms with Crippen molar-refractivity contribution >= 4 is 16.0 Å². The summed E-state index contributed by atoms with van der Waals surface area (Å²) < 4.78 is 26.5. The molecular formula is C15H15NO4S. The van der Waals surface area contributed by atoms with E-state index in [4.69, 9.17) is 5.11 Å². The molecule has 2 rings (SSSR count). The Morgan fingerprint density at radius 2 is 1.62 bits per heavy atom. The van der Waals surface area contributed by atoms with Gasteiger partial charge >= 0.3 is 5.97 Å². The molecule has 0 heterocycles. The third-order valence-corrected chi connectivity index (χ3v) is 4.46. The maximum atomic E-state index is 12.0. The molecule has 0 aromatic heterocycles. The van der Waals surface area contributed by atoms with E-state index in [0.29, 0.717) is 12.0 Å². The first-order chi connectivity index (χ1) is 10.0. The lowest BCUT2D eigenvalue weighted by Crippen LogP contribution is -2.26. The quantitative estimate of drug-likeness (QED) is 0.854. The molecule has 0 bridgehead atoms. The van der Waals surface area contributed by atoms with Crippen LogP contribution in [0.5, 0.6) is 0 Å². The predicted octanol–water partition coefficient (Wildman–Crippen LogP) is 1.91. The molecule has 2 N–H and O–H groups in total. The van der Waals surface area contributed by atoms with Crippen LogP contribution in [0.25, 0.3) is 0 Å². The molecule has 2 aromatic rings. The Hall–Kier alpha value is -2.18. The van der Waals surface area contributed by atoms with Gasteiger partial charge < -0.3 is 5.11 Å². The van der Waals surface area contributed by atoms with Crippen LogP contribution in [0.2, 0.25) is 0 Å². The van der Waals surface area contributed by atoms with Crippen LogP contribution >= 0.6 is 0 Å². The van der Waals surface area contributed by atoms with Gasteiger partial charge in [-0.1, -0.05) is 36.4 Å². The highest BCUT2D eigenvalue weighted by Gasteiger charge is 2.14. The number of aromatic carboxylic acids is 1. The van der Waals surface area contributed by atoms with Crippen LogP contribution in [0, 0.1) is 0 Å². The van der Waals surface area contributed by atoms with Gasteiger partial charge in [0, 0.05) is 6.54 Å². The van der Waals surface area contributed by atoms with Crippen molar-refractivity contribution in [1.82, 2.24) is 4.72 Å². The molecule has 0 aliphatic heterocycles. The maximum Gasteiger partial charge on any atom is 0.335 e. The van der Waals surface area contributed by atoms with Crippen molar-refractivity contribution in [2.24, 2.45) is 0 Å². The third kappa shape index (κ3) is 3.90. The third-order valence-electron chi connectivity index (χ3n) is 2.99. The van der Waals surface area contributed by atoms with Gasteiger partial charge in [-0.05, 0) is 30.2 Å². The second-order valence-corrected chi connectivity index (χ2v) is 6.19. The molecule has 0 spiro atoms. The number of sulfonamides is 1. The number of carbonyl (C=O) groups is 1. The second kappa shape index (κ2) is 6.51. The summed E-state index contributed by atoms with van der Waals surface area (Å²) in [6.07, 6.45) is 0.314. The van der Waals surface area contributed by atoms with Crippen LogP contribution in [0.4, 0.5) is 0 Å². The fourth-order valence-electron chi connectivity index (χ4n) is 1.95. The van der Waals surface area contributed by atoms with Crippen molar-refractivity contribution in [2.75, 3.05) is 6.54 Å². The van der Waals surface area contributed by atoms with E-state index in [1.807, 2.05) is 0 Å². The predicted molar refractivity (Wildman–Crippen MR) is 78.7 cm³/mol. The normalized spacial score (nSPS) is 11.2. The molecule has 0 aliphatic rings. The molecule has 0 radical (unpaired) electrons. The maximum absolute atomic E-state index is 12.0. The average Bonchev–Trinajstić information content (AvgIpc) is 2.48. The van der Waals surface area contributed by atoms with Crippen LogP contribution < -0.4 is 4.72 Å². The number of hydrogen-bond acceptors (Lipinski definition) is 3. The molecule has 0 aliphatic carbocycles. The van der Waals surface area contributed by atoms with Crippen LogP contribution in [0.3, 0.4) is 0 Å². The zero-order valence-electron chi connectivity index (χ0n) is 11.2. The molecule has 0 saturated heterocycles. The smallest absolute Gasteiger partial charge is 0.335 e. The standard InChI is InChI=1S/C15H15NO4S/c17-15(18)14-9-5-4-6-12(14)10-11-16-21(19,20)13-7-2-1-3-8-13/h1-9,16H,10-11H2,(H,17,18). The van der Waals surface area contributed by atoms with E-state index in [9.17, 15) is 13.2 Å². The summed E-state index contributed by atoms with van der Waals surface area (Å²) in [5.74, 6) is -1.02. The molecule has 0 saturated carbocycles. The van der Waals surface area contributed by atoms with E-state index in [1.165, 1.54) is 18.2 Å². The van der Waals surface area contributed by atoms with Gasteiger partial charge in [-0.2, -0.15) is 0 Å². The van der Waals surface area contributed by atoms with Crippen molar-refractivity contribution in [3.63, 3.8) is 0 Å². The second-order valence-electron chi connectivity index (χ2n) is 4.42. The Balaban J connectivity index is 2.04. The summed E-state index contributed by atoms with van der Waals surface area (Å²) in [5, 5.41) is 9.06. The van der Waals surface area contributed by atoms with Gasteiger partial charge in [0.2, 0.25) is 10.0 Å². The molecule has 21 heavy (non-hydrogen) atoms. The summed E-state index contributed by atoms with van der Waals surface area (Å²) in [6, 6.07) is 14.6. The monoisotopic (exact) mass is 305 g/mol. The highest BCUT2D eigenvalue weighted by atomic mass is 32.2. The van der Waals surface area contributed by atoms with Crippen molar-refractivity contribution in [1.29, 1.82) is 0 Å². The number of carboxylic acids is 1. The van der Waals surface area contributed by atoms with Gasteiger partial charge in [0.1, 0.15) is 0 Å². The first kappa shape index (κ1) is 15.2. The summed E-state index contributed by atoms with van der Waals surface area (Å²) >= 11 is 0. The highest BCUT2D eigenvalue weighted by Crippen LogP contribution is 2.10. The Labute approximate surface area is 123 Å². The number of hydrogen-bond donors (Lipinski definition) is 2. The fourth-order valence-corrected chi connectivity index (χ4v) is 3.00. The van der Waals surface area contributed by atoms with Gasteiger partial charge in [-0.3, -0.25) is 0 Å². The first-order valence-corrected chi connectivity index (χ1v) is 7.85. The SMILES string of the molecule is O=C(O)c1ccccc1CCNS(=O)(=O)c1ccccc1. The first-order valence-electron chi connectivity index (χ1n) is 6.36. The van der Waals surface area contributed by atoms with E-state index in [0.717, 1.165) is 0 Å². The number of nitrogens with one attached hydrogen (secondary N) is 1. The molecular weight excluding hydrogens is 290 g/mol. The molecule has 6 heteroatoms. The van der Waals surface area contributed by atoms with E-state index < -0.39 is 16.0 Å². The topological polar surface area (TPSA) is 83.5 Å². The molecule has 5 nitrogen and oxygen atoms in total. The minimum atomic E-state index is -3.56. The zero-order valence-corrected chi connectivity index (χ0v) is 12.0. The molecule has 2 aromatic carbocycles. The van der Waals surface area contributed by atoms with Gasteiger partial charge in [0.05, 0.1) is 10.5 Å². The highest BCUT2D eigenvalue weighted by molar-refractivity contribution is 7.89. The minimum absolute atomic E-state index is 0.140. The largest absolute Gasteiger partial charge is 0.478 e. The lowest BCUT2D eigenvalue weighted by molar-refractivity contribution is 0.0695. The van der Waals surface area contributed by atoms with E-state index in [-0.39, 0.29) is 17.0 Å². The summed E-state index contributed by atoms with van der Waals surface area (Å²) in [5.41, 5.74) is 0.789. The Bertz CT molecular complexity index is 726. The summed E-state index contributed by atoms with van der Waals surface area (Å²) in [4.78, 5) is 11.3. The van der Waals surface area contributed by atoms with Gasteiger partial charge in [0.25, 0.3) is 0 Å². The van der Waals surface area contributed by atoms with Gasteiger partial charge in [0.15, 0.2) is 0 Å². The van der Waals surface area contributed by atoms with E-state index >= 15 is 0 Å². The van der Waals surface area contributed by atoms with Crippen LogP contribution in [-0.4, -0.2) is 26.0 Å². The Morgan fingerprint density at radius 1 is 1.00 bits per heavy atom. The lowest BCUT2D eigenvalue weighted by Gasteiger charge is -2.08. The van der Waals surface area contributed by atoms with E-state index in [2.05, 4.69) is 4.72 Å². The van der Waals surface area contributed by atoms with Crippen molar-refractivity contribution in [3.8, 4) is 0 Å². The average molecular weight is 305 g/mol. The summed E-state index contributed by atoms with van der Waals surface area (Å²) in [7, 11) is -3.56. The molecule has 110 valence electrons. The van der Waals surface area contributed by atoms with Gasteiger partial charge in [-0.25, -0.2) is 17.9 Å². The van der Waals surface area contributed by atoms with Crippen molar-refractivity contribution in [2.45, 2.75) is 11.3 Å². The van der Waals surface area contributed by atoms with Crippen molar-refractivity contribution < 1.29 is 18.3 Å². The minimum Gasteiger partial charge on any atom is -0.478 e. The molecule has 0 amide bonds. The van der Waals surface area contributed by atoms with Gasteiger partial charge in [-0.15, -0.1) is 0 Å². The molecule has 0 fully saturated rings. The van der Waals surface area contributed by atoms with Crippen molar-refractivity contribution in [3.05, 3.63) is 65.7 Å². The number of rotatable bonds is 6. The van der Waals surface area contributed by atoms with Crippen LogP contribution in [-0.2, 0) is 16.4 Å². The fraction of sp³-hybridized carbons (Fsp3) is 0.133. The summed E-state index contributed by atoms with van der Waals surface area (Å²) in [6.45, 7) is 0.140. The number of carboxylic acid groups (broad SMARTS) is 1. The molecule has 0 atom stereocenters. The Morgan fingerprint density at radius 3 is 2.29 bits per heavy atom. The zero-order chi connectivity index (χ0) is 15.3. The van der Waals surface area contributed by atoms with Crippen LogP contribution in [0.1, 0.15) is 15.9 Å². The molecule has 0 unspecified atom stereocenters. The Kier molecular flexibility index (Phi) is 4.72. The van der Waals surface area contributed by atoms with E-state index in [1.54, 1.807) is 36.4 Å². The number of benzene rings is 2. The van der Waals surface area contributed by atoms with Crippen LogP contribution in [0.15, 0.2) is 59.5 Å².